The third-order valence-corrected chi connectivity index (χ3v) is 1.22. The molecule has 70 valence electrons. The molecule has 0 aliphatic carbocycles. The van der Waals surface area contributed by atoms with Gasteiger partial charge in [-0.3, -0.25) is 4.99 Å². The maximum Gasteiger partial charge on any atom is 0.332 e. The van der Waals surface area contributed by atoms with E-state index >= 15 is 0 Å². The van der Waals surface area contributed by atoms with Crippen LogP contribution in [0.4, 0.5) is 0 Å². The fraction of sp³-hybridized carbons (Fsp3) is 0.667. The van der Waals surface area contributed by atoms with Gasteiger partial charge in [0.15, 0.2) is 12.1 Å². The van der Waals surface area contributed by atoms with Crippen LogP contribution < -0.4 is 11.5 Å². The van der Waals surface area contributed by atoms with Crippen molar-refractivity contribution in [2.45, 2.75) is 18.9 Å². The molecular formula is C6H13N3O3. The van der Waals surface area contributed by atoms with Gasteiger partial charge in [-0.25, -0.2) is 4.79 Å². The maximum atomic E-state index is 10.1. The lowest BCUT2D eigenvalue weighted by molar-refractivity contribution is -0.146. The maximum absolute atomic E-state index is 10.1. The predicted octanol–water partition coefficient (Wildman–Crippen LogP) is -1.51. The number of aliphatic hydroxyl groups excluding tert-OH is 1. The van der Waals surface area contributed by atoms with E-state index in [4.69, 9.17) is 21.7 Å². The fourth-order valence-corrected chi connectivity index (χ4v) is 0.616. The molecule has 0 saturated carbocycles. The van der Waals surface area contributed by atoms with E-state index in [-0.39, 0.29) is 12.4 Å². The van der Waals surface area contributed by atoms with E-state index in [1.807, 2.05) is 0 Å². The van der Waals surface area contributed by atoms with Crippen LogP contribution in [0.2, 0.25) is 0 Å². The SMILES string of the molecule is NC(N)=NCCCC(O)C(=O)O. The second-order valence-corrected chi connectivity index (χ2v) is 2.30. The Labute approximate surface area is 69.9 Å². The highest BCUT2D eigenvalue weighted by Gasteiger charge is 2.11. The molecule has 1 atom stereocenters. The highest BCUT2D eigenvalue weighted by molar-refractivity contribution is 5.75. The van der Waals surface area contributed by atoms with Crippen molar-refractivity contribution in [3.05, 3.63) is 0 Å². The van der Waals surface area contributed by atoms with Gasteiger partial charge in [-0.1, -0.05) is 0 Å². The average Bonchev–Trinajstić information content (AvgIpc) is 1.97. The molecule has 0 amide bonds. The minimum Gasteiger partial charge on any atom is -0.479 e. The van der Waals surface area contributed by atoms with Crippen molar-refractivity contribution in [1.29, 1.82) is 0 Å². The lowest BCUT2D eigenvalue weighted by atomic mass is 10.2. The summed E-state index contributed by atoms with van der Waals surface area (Å²) in [6.45, 7) is 0.340. The van der Waals surface area contributed by atoms with E-state index in [1.165, 1.54) is 0 Å². The Bertz CT molecular complexity index is 177. The highest BCUT2D eigenvalue weighted by atomic mass is 16.4. The van der Waals surface area contributed by atoms with Crippen LogP contribution in [0.25, 0.3) is 0 Å². The number of rotatable bonds is 5. The molecule has 0 aromatic heterocycles. The first-order valence-electron chi connectivity index (χ1n) is 3.50. The predicted molar refractivity (Wildman–Crippen MR) is 43.6 cm³/mol. The van der Waals surface area contributed by atoms with Crippen LogP contribution in [-0.4, -0.2) is 34.8 Å². The molecule has 0 aromatic rings. The fourth-order valence-electron chi connectivity index (χ4n) is 0.616. The van der Waals surface area contributed by atoms with Crippen LogP contribution in [0.15, 0.2) is 4.99 Å². The molecule has 0 aromatic carbocycles. The molecule has 0 rings (SSSR count). The molecule has 0 saturated heterocycles. The smallest absolute Gasteiger partial charge is 0.332 e. The van der Waals surface area contributed by atoms with Crippen LogP contribution in [0.1, 0.15) is 12.8 Å². The van der Waals surface area contributed by atoms with Crippen molar-refractivity contribution in [2.24, 2.45) is 16.5 Å². The summed E-state index contributed by atoms with van der Waals surface area (Å²) in [6.07, 6.45) is -0.712. The molecule has 0 radical (unpaired) electrons. The van der Waals surface area contributed by atoms with Crippen molar-refractivity contribution >= 4 is 11.9 Å². The van der Waals surface area contributed by atoms with Crippen LogP contribution in [0.3, 0.4) is 0 Å². The quantitative estimate of drug-likeness (QED) is 0.230. The number of hydrogen-bond acceptors (Lipinski definition) is 3. The highest BCUT2D eigenvalue weighted by Crippen LogP contribution is 1.96. The molecule has 0 aliphatic rings. The van der Waals surface area contributed by atoms with Crippen LogP contribution in [0, 0.1) is 0 Å². The summed E-state index contributed by atoms with van der Waals surface area (Å²) in [4.78, 5) is 13.7. The minimum atomic E-state index is -1.32. The first-order valence-corrected chi connectivity index (χ1v) is 3.50. The van der Waals surface area contributed by atoms with Gasteiger partial charge in [0.2, 0.25) is 0 Å². The summed E-state index contributed by atoms with van der Waals surface area (Å²) in [7, 11) is 0. The van der Waals surface area contributed by atoms with Gasteiger partial charge < -0.3 is 21.7 Å². The second-order valence-electron chi connectivity index (χ2n) is 2.30. The van der Waals surface area contributed by atoms with Gasteiger partial charge in [-0.15, -0.1) is 0 Å². The van der Waals surface area contributed by atoms with Gasteiger partial charge in [-0.2, -0.15) is 0 Å². The normalized spacial score (nSPS) is 12.1. The Kier molecular flexibility index (Phi) is 4.78. The third kappa shape index (κ3) is 5.48. The van der Waals surface area contributed by atoms with Crippen molar-refractivity contribution in [1.82, 2.24) is 0 Å². The Morgan fingerprint density at radius 1 is 1.50 bits per heavy atom. The number of aliphatic imine (C=N–C) groups is 1. The molecule has 0 heterocycles. The molecular weight excluding hydrogens is 162 g/mol. The number of aliphatic hydroxyl groups is 1. The number of aliphatic carboxylic acids is 1. The molecule has 12 heavy (non-hydrogen) atoms. The van der Waals surface area contributed by atoms with E-state index in [9.17, 15) is 4.79 Å². The summed E-state index contributed by atoms with van der Waals surface area (Å²) in [5.74, 6) is -1.25. The summed E-state index contributed by atoms with van der Waals surface area (Å²) >= 11 is 0. The zero-order valence-electron chi connectivity index (χ0n) is 6.60. The number of carboxylic acids is 1. The molecule has 0 fully saturated rings. The van der Waals surface area contributed by atoms with E-state index < -0.39 is 12.1 Å². The first-order chi connectivity index (χ1) is 5.54. The molecule has 0 bridgehead atoms. The zero-order valence-corrected chi connectivity index (χ0v) is 6.60. The lowest BCUT2D eigenvalue weighted by Gasteiger charge is -2.02. The number of carbonyl (C=O) groups is 1. The minimum absolute atomic E-state index is 0.0279. The van der Waals surface area contributed by atoms with Crippen molar-refractivity contribution in [2.75, 3.05) is 6.54 Å². The number of nitrogens with two attached hydrogens (primary N) is 2. The van der Waals surface area contributed by atoms with Gasteiger partial charge in [0.1, 0.15) is 0 Å². The Balaban J connectivity index is 3.44. The summed E-state index contributed by atoms with van der Waals surface area (Å²) in [5, 5.41) is 17.0. The molecule has 6 N–H and O–H groups in total. The van der Waals surface area contributed by atoms with E-state index in [0.29, 0.717) is 13.0 Å². The summed E-state index contributed by atoms with van der Waals surface area (Å²) < 4.78 is 0. The van der Waals surface area contributed by atoms with Gasteiger partial charge >= 0.3 is 5.97 Å². The van der Waals surface area contributed by atoms with E-state index in [1.54, 1.807) is 0 Å². The van der Waals surface area contributed by atoms with E-state index in [2.05, 4.69) is 4.99 Å². The summed E-state index contributed by atoms with van der Waals surface area (Å²) in [6, 6.07) is 0. The molecule has 0 spiro atoms. The van der Waals surface area contributed by atoms with Crippen molar-refractivity contribution < 1.29 is 15.0 Å². The van der Waals surface area contributed by atoms with Crippen LogP contribution in [0.5, 0.6) is 0 Å². The van der Waals surface area contributed by atoms with Crippen molar-refractivity contribution in [3.63, 3.8) is 0 Å². The molecule has 6 heteroatoms. The van der Waals surface area contributed by atoms with Gasteiger partial charge in [0.05, 0.1) is 0 Å². The molecule has 0 aliphatic heterocycles. The number of guanidine groups is 1. The zero-order chi connectivity index (χ0) is 9.56. The Hall–Kier alpha value is -1.30. The number of hydrogen-bond donors (Lipinski definition) is 4. The summed E-state index contributed by atoms with van der Waals surface area (Å²) in [5.41, 5.74) is 10.0. The van der Waals surface area contributed by atoms with Crippen LogP contribution >= 0.6 is 0 Å². The van der Waals surface area contributed by atoms with Crippen molar-refractivity contribution in [3.8, 4) is 0 Å². The Morgan fingerprint density at radius 3 is 2.50 bits per heavy atom. The van der Waals surface area contributed by atoms with Gasteiger partial charge in [0, 0.05) is 6.54 Å². The largest absolute Gasteiger partial charge is 0.479 e. The third-order valence-electron chi connectivity index (χ3n) is 1.22. The number of carboxylic acid groups (broad SMARTS) is 1. The average molecular weight is 175 g/mol. The molecule has 6 nitrogen and oxygen atoms in total. The van der Waals surface area contributed by atoms with Gasteiger partial charge in [-0.05, 0) is 12.8 Å². The molecule has 1 unspecified atom stereocenters. The number of nitrogens with zero attached hydrogens (tertiary/aromatic N) is 1. The second kappa shape index (κ2) is 5.36. The standard InChI is InChI=1S/C6H13N3O3/c7-6(8)9-3-1-2-4(10)5(11)12/h4,10H,1-3H2,(H,11,12)(H4,7,8,9). The van der Waals surface area contributed by atoms with E-state index in [0.717, 1.165) is 0 Å². The first kappa shape index (κ1) is 10.7. The Morgan fingerprint density at radius 2 is 2.08 bits per heavy atom. The van der Waals surface area contributed by atoms with Crippen LogP contribution in [-0.2, 0) is 4.79 Å². The lowest BCUT2D eigenvalue weighted by Crippen LogP contribution is -2.23. The van der Waals surface area contributed by atoms with Gasteiger partial charge in [0.25, 0.3) is 0 Å². The monoisotopic (exact) mass is 175 g/mol. The topological polar surface area (TPSA) is 122 Å².